The van der Waals surface area contributed by atoms with Gasteiger partial charge in [0.05, 0.1) is 21.9 Å². The predicted octanol–water partition coefficient (Wildman–Crippen LogP) is 5.00. The van der Waals surface area contributed by atoms with Crippen LogP contribution in [0.1, 0.15) is 25.5 Å². The summed E-state index contributed by atoms with van der Waals surface area (Å²) in [5, 5.41) is 26.9. The Bertz CT molecular complexity index is 1760. The topological polar surface area (TPSA) is 146 Å². The van der Waals surface area contributed by atoms with E-state index in [2.05, 4.69) is 25.7 Å². The number of nitro groups is 1. The molecular formula is C29H25N9O3. The zero-order valence-electron chi connectivity index (χ0n) is 22.2. The molecule has 3 aromatic heterocycles. The number of nitro benzene ring substituents is 1. The molecule has 1 atom stereocenters. The Kier molecular flexibility index (Phi) is 6.55. The molecule has 204 valence electrons. The number of rotatable bonds is 7. The van der Waals surface area contributed by atoms with E-state index in [1.165, 1.54) is 18.5 Å². The molecule has 1 amide bonds. The average Bonchev–Trinajstić information content (AvgIpc) is 3.65. The van der Waals surface area contributed by atoms with E-state index in [0.717, 1.165) is 5.69 Å². The van der Waals surface area contributed by atoms with E-state index in [9.17, 15) is 14.9 Å². The van der Waals surface area contributed by atoms with Gasteiger partial charge in [0.25, 0.3) is 11.6 Å². The standard InChI is InChI=1S/C29H25N9O3/c1-18(2)25-24(28(39)33-23-10-6-7-15-30-23)27(37-29(34-25)31-17-32-37)22-16-36(20-8-4-3-5-9-20)35-26(22)19-11-13-21(14-12-19)38(40)41/h3-18,27H,1-2H3,(H,30,33,39)(H,31,32,34). The molecule has 0 radical (unpaired) electrons. The van der Waals surface area contributed by atoms with Gasteiger partial charge in [-0.1, -0.05) is 38.1 Å². The van der Waals surface area contributed by atoms with Gasteiger partial charge in [-0.05, 0) is 42.3 Å². The number of hydrogen-bond donors (Lipinski definition) is 2. The lowest BCUT2D eigenvalue weighted by Crippen LogP contribution is -2.33. The highest BCUT2D eigenvalue weighted by atomic mass is 16.6. The normalized spacial score (nSPS) is 14.5. The number of para-hydroxylation sites is 1. The second-order valence-corrected chi connectivity index (χ2v) is 9.72. The first-order valence-electron chi connectivity index (χ1n) is 12.9. The summed E-state index contributed by atoms with van der Waals surface area (Å²) < 4.78 is 3.38. The second kappa shape index (κ2) is 10.5. The third-order valence-corrected chi connectivity index (χ3v) is 6.77. The van der Waals surface area contributed by atoms with Crippen molar-refractivity contribution in [1.82, 2.24) is 29.5 Å². The molecule has 0 saturated heterocycles. The van der Waals surface area contributed by atoms with Crippen molar-refractivity contribution >= 4 is 23.4 Å². The third-order valence-electron chi connectivity index (χ3n) is 6.77. The lowest BCUT2D eigenvalue weighted by atomic mass is 9.90. The maximum absolute atomic E-state index is 14.0. The number of nitrogens with zero attached hydrogens (tertiary/aromatic N) is 7. The largest absolute Gasteiger partial charge is 0.327 e. The maximum atomic E-state index is 14.0. The molecule has 0 spiro atoms. The van der Waals surface area contributed by atoms with Crippen molar-refractivity contribution in [2.75, 3.05) is 10.6 Å². The van der Waals surface area contributed by atoms with E-state index in [4.69, 9.17) is 5.10 Å². The minimum Gasteiger partial charge on any atom is -0.327 e. The van der Waals surface area contributed by atoms with Crippen molar-refractivity contribution in [3.8, 4) is 16.9 Å². The van der Waals surface area contributed by atoms with Crippen LogP contribution in [0.15, 0.2) is 103 Å². The molecule has 0 bridgehead atoms. The lowest BCUT2D eigenvalue weighted by molar-refractivity contribution is -0.384. The van der Waals surface area contributed by atoms with Crippen LogP contribution >= 0.6 is 0 Å². The summed E-state index contributed by atoms with van der Waals surface area (Å²) in [6.07, 6.45) is 4.90. The summed E-state index contributed by atoms with van der Waals surface area (Å²) in [6, 6.07) is 20.3. The Labute approximate surface area is 234 Å². The molecule has 0 saturated carbocycles. The van der Waals surface area contributed by atoms with E-state index >= 15 is 0 Å². The third kappa shape index (κ3) is 4.82. The Morgan fingerprint density at radius 2 is 1.78 bits per heavy atom. The highest BCUT2D eigenvalue weighted by Crippen LogP contribution is 2.41. The second-order valence-electron chi connectivity index (χ2n) is 9.72. The molecule has 0 aliphatic carbocycles. The fraction of sp³-hybridized carbons (Fsp3) is 0.138. The van der Waals surface area contributed by atoms with Gasteiger partial charge in [-0.25, -0.2) is 14.3 Å². The Hall–Kier alpha value is -5.65. The van der Waals surface area contributed by atoms with Gasteiger partial charge < -0.3 is 10.6 Å². The number of carbonyl (C=O) groups excluding carboxylic acids is 1. The highest BCUT2D eigenvalue weighted by Gasteiger charge is 2.38. The molecule has 2 N–H and O–H groups in total. The lowest BCUT2D eigenvalue weighted by Gasteiger charge is -2.31. The van der Waals surface area contributed by atoms with Crippen LogP contribution in [0.5, 0.6) is 0 Å². The summed E-state index contributed by atoms with van der Waals surface area (Å²) in [5.41, 5.74) is 3.75. The van der Waals surface area contributed by atoms with Crippen molar-refractivity contribution in [1.29, 1.82) is 0 Å². The first-order valence-corrected chi connectivity index (χ1v) is 12.9. The smallest absolute Gasteiger partial charge is 0.269 e. The summed E-state index contributed by atoms with van der Waals surface area (Å²) >= 11 is 0. The number of aromatic nitrogens is 6. The van der Waals surface area contributed by atoms with Gasteiger partial charge in [-0.3, -0.25) is 14.9 Å². The van der Waals surface area contributed by atoms with Crippen LogP contribution in [-0.4, -0.2) is 40.4 Å². The average molecular weight is 548 g/mol. The number of non-ortho nitro benzene ring substituents is 1. The first kappa shape index (κ1) is 25.6. The SMILES string of the molecule is CC(C)C1=C(C(=O)Nc2ccccn2)C(c2cn(-c3ccccc3)nc2-c2ccc([N+](=O)[O-])cc2)n2ncnc2N1. The molecule has 1 aliphatic rings. The fourth-order valence-corrected chi connectivity index (χ4v) is 4.86. The Morgan fingerprint density at radius 1 is 1.02 bits per heavy atom. The van der Waals surface area contributed by atoms with Crippen molar-refractivity contribution < 1.29 is 9.72 Å². The zero-order valence-corrected chi connectivity index (χ0v) is 22.2. The predicted molar refractivity (Wildman–Crippen MR) is 152 cm³/mol. The number of nitrogens with one attached hydrogen (secondary N) is 2. The van der Waals surface area contributed by atoms with Gasteiger partial charge in [0.15, 0.2) is 0 Å². The van der Waals surface area contributed by atoms with Crippen molar-refractivity contribution in [2.45, 2.75) is 19.9 Å². The molecule has 4 heterocycles. The zero-order chi connectivity index (χ0) is 28.5. The van der Waals surface area contributed by atoms with E-state index in [1.54, 1.807) is 45.9 Å². The number of amides is 1. The van der Waals surface area contributed by atoms with Crippen LogP contribution in [0.25, 0.3) is 16.9 Å². The summed E-state index contributed by atoms with van der Waals surface area (Å²) in [7, 11) is 0. The van der Waals surface area contributed by atoms with Gasteiger partial charge in [-0.2, -0.15) is 15.2 Å². The fourth-order valence-electron chi connectivity index (χ4n) is 4.86. The minimum atomic E-state index is -0.725. The monoisotopic (exact) mass is 547 g/mol. The van der Waals surface area contributed by atoms with Crippen molar-refractivity contribution in [2.24, 2.45) is 5.92 Å². The van der Waals surface area contributed by atoms with Gasteiger partial charge in [-0.15, -0.1) is 0 Å². The number of anilines is 2. The van der Waals surface area contributed by atoms with E-state index in [0.29, 0.717) is 39.9 Å². The molecule has 1 unspecified atom stereocenters. The number of hydrogen-bond acceptors (Lipinski definition) is 8. The number of carbonyl (C=O) groups is 1. The van der Waals surface area contributed by atoms with Crippen LogP contribution in [-0.2, 0) is 4.79 Å². The Morgan fingerprint density at radius 3 is 2.46 bits per heavy atom. The first-order chi connectivity index (χ1) is 19.9. The number of pyridine rings is 1. The molecule has 6 rings (SSSR count). The molecule has 12 heteroatoms. The molecular weight excluding hydrogens is 522 g/mol. The van der Waals surface area contributed by atoms with Crippen molar-refractivity contribution in [3.63, 3.8) is 0 Å². The highest BCUT2D eigenvalue weighted by molar-refractivity contribution is 6.05. The molecule has 2 aromatic carbocycles. The quantitative estimate of drug-likeness (QED) is 0.214. The van der Waals surface area contributed by atoms with Crippen LogP contribution < -0.4 is 10.6 Å². The molecule has 0 fully saturated rings. The Balaban J connectivity index is 1.57. The molecule has 12 nitrogen and oxygen atoms in total. The summed E-state index contributed by atoms with van der Waals surface area (Å²) in [5.74, 6) is 0.467. The van der Waals surface area contributed by atoms with Gasteiger partial charge in [0.2, 0.25) is 5.95 Å². The van der Waals surface area contributed by atoms with E-state index < -0.39 is 11.0 Å². The van der Waals surface area contributed by atoms with Crippen LogP contribution in [0.2, 0.25) is 0 Å². The molecule has 1 aliphatic heterocycles. The molecule has 41 heavy (non-hydrogen) atoms. The van der Waals surface area contributed by atoms with Crippen molar-refractivity contribution in [3.05, 3.63) is 118 Å². The van der Waals surface area contributed by atoms with Crippen LogP contribution in [0.4, 0.5) is 17.5 Å². The van der Waals surface area contributed by atoms with Gasteiger partial charge in [0.1, 0.15) is 18.2 Å². The van der Waals surface area contributed by atoms with Crippen LogP contribution in [0.3, 0.4) is 0 Å². The van der Waals surface area contributed by atoms with Crippen LogP contribution in [0, 0.1) is 16.0 Å². The summed E-state index contributed by atoms with van der Waals surface area (Å²) in [6.45, 7) is 3.98. The van der Waals surface area contributed by atoms with E-state index in [-0.39, 0.29) is 17.5 Å². The minimum absolute atomic E-state index is 0.0318. The van der Waals surface area contributed by atoms with Gasteiger partial charge >= 0.3 is 0 Å². The number of benzene rings is 2. The molecule has 5 aromatic rings. The number of allylic oxidation sites excluding steroid dienone is 1. The summed E-state index contributed by atoms with van der Waals surface area (Å²) in [4.78, 5) is 33.6. The number of fused-ring (bicyclic) bond motifs is 1. The van der Waals surface area contributed by atoms with E-state index in [1.807, 2.05) is 50.4 Å². The van der Waals surface area contributed by atoms with Gasteiger partial charge in [0, 0.05) is 41.4 Å². The maximum Gasteiger partial charge on any atom is 0.269 e.